The topological polar surface area (TPSA) is 66.8 Å². The largest absolute Gasteiger partial charge is 0.478 e. The highest BCUT2D eigenvalue weighted by Gasteiger charge is 2.29. The summed E-state index contributed by atoms with van der Waals surface area (Å²) in [5.41, 5.74) is 1.37. The molecular formula is C14H14BrNO4. The lowest BCUT2D eigenvalue weighted by molar-refractivity contribution is 0.0697. The summed E-state index contributed by atoms with van der Waals surface area (Å²) in [6, 6.07) is 3.34. The molecule has 0 saturated carbocycles. The molecule has 0 unspecified atom stereocenters. The first-order valence-electron chi connectivity index (χ1n) is 6.15. The van der Waals surface area contributed by atoms with Gasteiger partial charge in [-0.05, 0) is 30.5 Å². The monoisotopic (exact) mass is 339 g/mol. The predicted octanol–water partition coefficient (Wildman–Crippen LogP) is 3.22. The second-order valence-electron chi connectivity index (χ2n) is 4.39. The lowest BCUT2D eigenvalue weighted by atomic mass is 9.98. The van der Waals surface area contributed by atoms with Crippen LogP contribution in [0.3, 0.4) is 0 Å². The summed E-state index contributed by atoms with van der Waals surface area (Å²) in [5.74, 6) is -1.06. The van der Waals surface area contributed by atoms with Crippen molar-refractivity contribution in [3.8, 4) is 0 Å². The lowest BCUT2D eigenvalue weighted by Crippen LogP contribution is -2.37. The third kappa shape index (κ3) is 2.85. The number of ether oxygens (including phenoxy) is 1. The molecule has 0 bridgehead atoms. The van der Waals surface area contributed by atoms with E-state index in [2.05, 4.69) is 22.5 Å². The van der Waals surface area contributed by atoms with Gasteiger partial charge in [0.25, 0.3) is 0 Å². The number of anilines is 1. The van der Waals surface area contributed by atoms with Gasteiger partial charge in [0.05, 0.1) is 11.3 Å². The average molecular weight is 340 g/mol. The first-order valence-corrected chi connectivity index (χ1v) is 6.94. The highest BCUT2D eigenvalue weighted by atomic mass is 79.9. The molecule has 0 aromatic heterocycles. The van der Waals surface area contributed by atoms with Crippen LogP contribution in [0.4, 0.5) is 10.5 Å². The maximum absolute atomic E-state index is 12.0. The van der Waals surface area contributed by atoms with Gasteiger partial charge in [0.2, 0.25) is 0 Å². The number of carbonyl (C=O) groups excluding carboxylic acids is 1. The molecule has 0 fully saturated rings. The average Bonchev–Trinajstić information content (AvgIpc) is 2.42. The lowest BCUT2D eigenvalue weighted by Gasteiger charge is -2.30. The first kappa shape index (κ1) is 14.6. The van der Waals surface area contributed by atoms with E-state index in [1.165, 1.54) is 17.0 Å². The Hall–Kier alpha value is -1.82. The van der Waals surface area contributed by atoms with Crippen LogP contribution in [0.5, 0.6) is 0 Å². The predicted molar refractivity (Wildman–Crippen MR) is 78.3 cm³/mol. The highest BCUT2D eigenvalue weighted by Crippen LogP contribution is 2.34. The number of carboxylic acid groups (broad SMARTS) is 1. The van der Waals surface area contributed by atoms with Crippen molar-refractivity contribution in [2.75, 3.05) is 18.1 Å². The number of fused-ring (bicyclic) bond motifs is 1. The molecule has 1 aromatic rings. The Labute approximate surface area is 125 Å². The molecule has 1 aliphatic heterocycles. The number of rotatable bonds is 3. The van der Waals surface area contributed by atoms with Crippen molar-refractivity contribution in [2.24, 2.45) is 0 Å². The number of nitrogens with zero attached hydrogens (tertiary/aromatic N) is 1. The number of aryl methyl sites for hydroxylation is 1. The highest BCUT2D eigenvalue weighted by molar-refractivity contribution is 9.10. The molecule has 0 saturated heterocycles. The van der Waals surface area contributed by atoms with Crippen molar-refractivity contribution in [1.29, 1.82) is 0 Å². The standard InChI is InChI=1S/C14H14BrNO4/c1-2-6-20-14(19)16-5-3-4-9-7-10(15)8-11(12(9)16)13(17)18/h2,7-8H,1,3-6H2,(H,17,18). The zero-order valence-corrected chi connectivity index (χ0v) is 12.4. The fourth-order valence-corrected chi connectivity index (χ4v) is 2.76. The van der Waals surface area contributed by atoms with E-state index in [1.54, 1.807) is 0 Å². The molecule has 0 aliphatic carbocycles. The minimum absolute atomic E-state index is 0.101. The van der Waals surface area contributed by atoms with Crippen LogP contribution in [-0.2, 0) is 11.2 Å². The van der Waals surface area contributed by atoms with Crippen LogP contribution in [-0.4, -0.2) is 30.3 Å². The van der Waals surface area contributed by atoms with Gasteiger partial charge in [-0.15, -0.1) is 0 Å². The number of aromatic carboxylic acids is 1. The first-order chi connectivity index (χ1) is 9.54. The Morgan fingerprint density at radius 2 is 2.25 bits per heavy atom. The summed E-state index contributed by atoms with van der Waals surface area (Å²) in [4.78, 5) is 24.8. The number of halogens is 1. The van der Waals surface area contributed by atoms with Crippen molar-refractivity contribution >= 4 is 33.7 Å². The van der Waals surface area contributed by atoms with Crippen molar-refractivity contribution in [3.05, 3.63) is 40.4 Å². The van der Waals surface area contributed by atoms with Crippen LogP contribution in [0.1, 0.15) is 22.3 Å². The van der Waals surface area contributed by atoms with Gasteiger partial charge in [-0.1, -0.05) is 28.6 Å². The van der Waals surface area contributed by atoms with E-state index in [0.29, 0.717) is 16.7 Å². The fourth-order valence-electron chi connectivity index (χ4n) is 2.26. The number of carbonyl (C=O) groups is 2. The molecule has 5 nitrogen and oxygen atoms in total. The summed E-state index contributed by atoms with van der Waals surface area (Å²) in [6.45, 7) is 4.03. The van der Waals surface area contributed by atoms with Gasteiger partial charge in [0, 0.05) is 11.0 Å². The van der Waals surface area contributed by atoms with E-state index in [9.17, 15) is 14.7 Å². The Kier molecular flexibility index (Phi) is 4.44. The number of hydrogen-bond donors (Lipinski definition) is 1. The van der Waals surface area contributed by atoms with Gasteiger partial charge in [-0.3, -0.25) is 4.90 Å². The molecular weight excluding hydrogens is 326 g/mol. The van der Waals surface area contributed by atoms with Gasteiger partial charge < -0.3 is 9.84 Å². The maximum Gasteiger partial charge on any atom is 0.414 e. The van der Waals surface area contributed by atoms with Gasteiger partial charge >= 0.3 is 12.1 Å². The van der Waals surface area contributed by atoms with E-state index in [1.807, 2.05) is 6.07 Å². The van der Waals surface area contributed by atoms with E-state index >= 15 is 0 Å². The summed E-state index contributed by atoms with van der Waals surface area (Å²) >= 11 is 3.30. The Morgan fingerprint density at radius 3 is 2.90 bits per heavy atom. The van der Waals surface area contributed by atoms with Crippen molar-refractivity contribution in [3.63, 3.8) is 0 Å². The fraction of sp³-hybridized carbons (Fsp3) is 0.286. The van der Waals surface area contributed by atoms with Crippen LogP contribution in [0.2, 0.25) is 0 Å². The molecule has 1 aromatic carbocycles. The number of benzene rings is 1. The third-order valence-electron chi connectivity index (χ3n) is 3.03. The third-order valence-corrected chi connectivity index (χ3v) is 3.48. The van der Waals surface area contributed by atoms with Gasteiger partial charge in [-0.2, -0.15) is 0 Å². The second-order valence-corrected chi connectivity index (χ2v) is 5.30. The maximum atomic E-state index is 12.0. The van der Waals surface area contributed by atoms with Crippen molar-refractivity contribution in [1.82, 2.24) is 0 Å². The Bertz CT molecular complexity index is 571. The van der Waals surface area contributed by atoms with E-state index in [4.69, 9.17) is 4.74 Å². The molecule has 1 heterocycles. The summed E-state index contributed by atoms with van der Waals surface area (Å²) in [5, 5.41) is 9.33. The van der Waals surface area contributed by atoms with E-state index < -0.39 is 12.1 Å². The SMILES string of the molecule is C=CCOC(=O)N1CCCc2cc(Br)cc(C(=O)O)c21. The quantitative estimate of drug-likeness (QED) is 0.858. The summed E-state index contributed by atoms with van der Waals surface area (Å²) in [7, 11) is 0. The molecule has 0 atom stereocenters. The van der Waals surface area contributed by atoms with Crippen LogP contribution in [0.15, 0.2) is 29.3 Å². The van der Waals surface area contributed by atoms with Gasteiger partial charge in [0.1, 0.15) is 6.61 Å². The molecule has 1 amide bonds. The minimum Gasteiger partial charge on any atom is -0.478 e. The molecule has 20 heavy (non-hydrogen) atoms. The summed E-state index contributed by atoms with van der Waals surface area (Å²) in [6.07, 6.45) is 2.43. The number of amides is 1. The van der Waals surface area contributed by atoms with Crippen molar-refractivity contribution < 1.29 is 19.4 Å². The minimum atomic E-state index is -1.06. The Balaban J connectivity index is 2.45. The molecule has 6 heteroatoms. The molecule has 1 aliphatic rings. The van der Waals surface area contributed by atoms with Crippen LogP contribution in [0.25, 0.3) is 0 Å². The molecule has 106 valence electrons. The molecule has 1 N–H and O–H groups in total. The van der Waals surface area contributed by atoms with E-state index in [0.717, 1.165) is 18.4 Å². The van der Waals surface area contributed by atoms with Crippen molar-refractivity contribution in [2.45, 2.75) is 12.8 Å². The normalized spacial score (nSPS) is 13.6. The molecule has 0 spiro atoms. The van der Waals surface area contributed by atoms with Gasteiger partial charge in [-0.25, -0.2) is 9.59 Å². The summed E-state index contributed by atoms with van der Waals surface area (Å²) < 4.78 is 5.71. The van der Waals surface area contributed by atoms with Gasteiger partial charge in [0.15, 0.2) is 0 Å². The second kappa shape index (κ2) is 6.09. The smallest absolute Gasteiger partial charge is 0.414 e. The zero-order chi connectivity index (χ0) is 14.7. The molecule has 2 rings (SSSR count). The van der Waals surface area contributed by atoms with E-state index in [-0.39, 0.29) is 12.2 Å². The zero-order valence-electron chi connectivity index (χ0n) is 10.8. The van der Waals surface area contributed by atoms with Crippen LogP contribution in [0, 0.1) is 0 Å². The van der Waals surface area contributed by atoms with Crippen LogP contribution < -0.4 is 4.90 Å². The number of carboxylic acids is 1. The number of hydrogen-bond acceptors (Lipinski definition) is 3. The Morgan fingerprint density at radius 1 is 1.50 bits per heavy atom. The molecule has 0 radical (unpaired) electrons. The van der Waals surface area contributed by atoms with Crippen LogP contribution >= 0.6 is 15.9 Å².